The summed E-state index contributed by atoms with van der Waals surface area (Å²) in [7, 11) is 1.65. The Labute approximate surface area is 235 Å². The highest BCUT2D eigenvalue weighted by molar-refractivity contribution is 6.30. The fourth-order valence-corrected chi connectivity index (χ4v) is 5.32. The van der Waals surface area contributed by atoms with E-state index in [1.165, 1.54) is 5.56 Å². The molecule has 0 aromatic heterocycles. The number of carbonyl (C=O) groups excluding carboxylic acids is 1. The van der Waals surface area contributed by atoms with Crippen LogP contribution in [0.25, 0.3) is 0 Å². The Morgan fingerprint density at radius 3 is 2.44 bits per heavy atom. The molecule has 2 heterocycles. The van der Waals surface area contributed by atoms with Crippen molar-refractivity contribution in [1.82, 2.24) is 15.1 Å². The number of amides is 1. The maximum absolute atomic E-state index is 12.3. The third kappa shape index (κ3) is 6.05. The number of carbonyl (C=O) groups is 1. The van der Waals surface area contributed by atoms with E-state index in [-0.39, 0.29) is 24.1 Å². The molecule has 1 fully saturated rings. The average Bonchev–Trinajstić information content (AvgIpc) is 3.27. The van der Waals surface area contributed by atoms with Crippen molar-refractivity contribution in [1.29, 1.82) is 0 Å². The van der Waals surface area contributed by atoms with Crippen molar-refractivity contribution in [3.63, 3.8) is 0 Å². The standard InChI is InChI=1S/C31H35ClN4O3/c1-20(2)39-27-17-25(38-4)13-14-26(27)31-34-29(22-9-11-24(32)12-10-22)30(23-7-5-21(3)6-8-23)36(31)19-35-16-15-33-28(37)18-35/h5-14,17,20,29-30H,15-16,18-19H2,1-4H3,(H,33,37)/t29-,30+/m1/s1. The largest absolute Gasteiger partial charge is 0.497 e. The molecule has 2 atom stereocenters. The molecule has 7 nitrogen and oxygen atoms in total. The van der Waals surface area contributed by atoms with Gasteiger partial charge >= 0.3 is 0 Å². The lowest BCUT2D eigenvalue weighted by molar-refractivity contribution is -0.124. The van der Waals surface area contributed by atoms with Gasteiger partial charge in [0.2, 0.25) is 5.91 Å². The summed E-state index contributed by atoms with van der Waals surface area (Å²) in [4.78, 5) is 22.2. The van der Waals surface area contributed by atoms with Crippen LogP contribution in [-0.2, 0) is 4.79 Å². The fourth-order valence-electron chi connectivity index (χ4n) is 5.19. The van der Waals surface area contributed by atoms with Crippen LogP contribution in [0.4, 0.5) is 0 Å². The quantitative estimate of drug-likeness (QED) is 0.411. The molecule has 2 aliphatic rings. The number of hydrogen-bond donors (Lipinski definition) is 1. The van der Waals surface area contributed by atoms with E-state index in [1.54, 1.807) is 7.11 Å². The third-order valence-corrected chi connectivity index (χ3v) is 7.31. The number of aliphatic imine (C=N–C) groups is 1. The number of aryl methyl sites for hydroxylation is 1. The summed E-state index contributed by atoms with van der Waals surface area (Å²) >= 11 is 6.26. The molecular weight excluding hydrogens is 512 g/mol. The van der Waals surface area contributed by atoms with E-state index in [2.05, 4.69) is 46.3 Å². The predicted octanol–water partition coefficient (Wildman–Crippen LogP) is 5.38. The lowest BCUT2D eigenvalue weighted by Gasteiger charge is -2.37. The zero-order chi connectivity index (χ0) is 27.5. The molecule has 0 spiro atoms. The van der Waals surface area contributed by atoms with Gasteiger partial charge in [-0.15, -0.1) is 0 Å². The molecular formula is C31H35ClN4O3. The van der Waals surface area contributed by atoms with Crippen LogP contribution < -0.4 is 14.8 Å². The van der Waals surface area contributed by atoms with Gasteiger partial charge in [-0.05, 0) is 56.2 Å². The Kier molecular flexibility index (Phi) is 8.10. The average molecular weight is 547 g/mol. The molecule has 1 amide bonds. The molecule has 0 radical (unpaired) electrons. The van der Waals surface area contributed by atoms with Crippen LogP contribution in [0.1, 0.15) is 48.2 Å². The van der Waals surface area contributed by atoms with E-state index in [4.69, 9.17) is 26.1 Å². The van der Waals surface area contributed by atoms with Gasteiger partial charge in [-0.25, -0.2) is 0 Å². The highest BCUT2D eigenvalue weighted by Gasteiger charge is 2.40. The summed E-state index contributed by atoms with van der Waals surface area (Å²) in [6, 6.07) is 22.1. The molecule has 1 saturated heterocycles. The lowest BCUT2D eigenvalue weighted by atomic mass is 9.93. The van der Waals surface area contributed by atoms with Crippen LogP contribution in [0.5, 0.6) is 11.5 Å². The fraction of sp³-hybridized carbons (Fsp3) is 0.355. The highest BCUT2D eigenvalue weighted by atomic mass is 35.5. The number of benzene rings is 3. The monoisotopic (exact) mass is 546 g/mol. The zero-order valence-electron chi connectivity index (χ0n) is 22.9. The van der Waals surface area contributed by atoms with Crippen molar-refractivity contribution in [2.75, 3.05) is 33.4 Å². The molecule has 5 rings (SSSR count). The molecule has 8 heteroatoms. The first kappa shape index (κ1) is 27.0. The van der Waals surface area contributed by atoms with E-state index >= 15 is 0 Å². The normalized spacial score (nSPS) is 19.7. The van der Waals surface area contributed by atoms with E-state index in [0.717, 1.165) is 34.8 Å². The summed E-state index contributed by atoms with van der Waals surface area (Å²) < 4.78 is 11.8. The summed E-state index contributed by atoms with van der Waals surface area (Å²) in [5, 5.41) is 3.62. The molecule has 0 aliphatic carbocycles. The summed E-state index contributed by atoms with van der Waals surface area (Å²) in [6.45, 7) is 8.38. The Bertz CT molecular complexity index is 1340. The van der Waals surface area contributed by atoms with Crippen LogP contribution in [0, 0.1) is 6.92 Å². The third-order valence-electron chi connectivity index (χ3n) is 7.06. The van der Waals surface area contributed by atoms with Gasteiger partial charge in [0.1, 0.15) is 23.4 Å². The van der Waals surface area contributed by atoms with E-state index in [1.807, 2.05) is 56.3 Å². The maximum atomic E-state index is 12.3. The number of halogens is 1. The SMILES string of the molecule is COc1ccc(C2=N[C@H](c3ccc(Cl)cc3)[C@H](c3ccc(C)cc3)N2CN2CCNC(=O)C2)c(OC(C)C)c1. The molecule has 39 heavy (non-hydrogen) atoms. The zero-order valence-corrected chi connectivity index (χ0v) is 23.6. The van der Waals surface area contributed by atoms with Gasteiger partial charge in [-0.2, -0.15) is 0 Å². The Balaban J connectivity index is 1.66. The van der Waals surface area contributed by atoms with Crippen LogP contribution in [0.3, 0.4) is 0 Å². The number of piperazine rings is 1. The molecule has 3 aromatic rings. The van der Waals surface area contributed by atoms with Crippen molar-refractivity contribution in [3.8, 4) is 11.5 Å². The number of amidine groups is 1. The number of hydrogen-bond acceptors (Lipinski definition) is 6. The molecule has 0 saturated carbocycles. The van der Waals surface area contributed by atoms with Crippen molar-refractivity contribution in [2.24, 2.45) is 4.99 Å². The molecule has 204 valence electrons. The van der Waals surface area contributed by atoms with E-state index in [0.29, 0.717) is 30.5 Å². The summed E-state index contributed by atoms with van der Waals surface area (Å²) in [5.41, 5.74) is 4.31. The molecule has 0 bridgehead atoms. The minimum absolute atomic E-state index is 0.0305. The Morgan fingerprint density at radius 1 is 1.05 bits per heavy atom. The van der Waals surface area contributed by atoms with E-state index < -0.39 is 0 Å². The Morgan fingerprint density at radius 2 is 1.77 bits per heavy atom. The molecule has 2 aliphatic heterocycles. The van der Waals surface area contributed by atoms with Crippen molar-refractivity contribution in [3.05, 3.63) is 94.0 Å². The second kappa shape index (κ2) is 11.7. The molecule has 1 N–H and O–H groups in total. The molecule has 0 unspecified atom stereocenters. The van der Waals surface area contributed by atoms with Crippen LogP contribution in [-0.4, -0.2) is 61.1 Å². The maximum Gasteiger partial charge on any atom is 0.234 e. The topological polar surface area (TPSA) is 66.4 Å². The number of rotatable bonds is 8. The predicted molar refractivity (Wildman–Crippen MR) is 155 cm³/mol. The highest BCUT2D eigenvalue weighted by Crippen LogP contribution is 2.45. The van der Waals surface area contributed by atoms with Crippen molar-refractivity contribution in [2.45, 2.75) is 39.0 Å². The van der Waals surface area contributed by atoms with Gasteiger partial charge < -0.3 is 19.7 Å². The Hall–Kier alpha value is -3.55. The van der Waals surface area contributed by atoms with Gasteiger partial charge in [0.05, 0.1) is 38.0 Å². The minimum atomic E-state index is -0.187. The summed E-state index contributed by atoms with van der Waals surface area (Å²) in [6.07, 6.45) is -0.0305. The lowest BCUT2D eigenvalue weighted by Crippen LogP contribution is -2.52. The van der Waals surface area contributed by atoms with Gasteiger partial charge in [-0.1, -0.05) is 53.6 Å². The second-order valence-corrected chi connectivity index (χ2v) is 10.8. The van der Waals surface area contributed by atoms with Gasteiger partial charge in [0, 0.05) is 24.2 Å². The first-order valence-electron chi connectivity index (χ1n) is 13.3. The van der Waals surface area contributed by atoms with Crippen molar-refractivity contribution >= 4 is 23.3 Å². The van der Waals surface area contributed by atoms with E-state index in [9.17, 15) is 4.79 Å². The second-order valence-electron chi connectivity index (χ2n) is 10.3. The van der Waals surface area contributed by atoms with Crippen molar-refractivity contribution < 1.29 is 14.3 Å². The van der Waals surface area contributed by atoms with Crippen LogP contribution in [0.15, 0.2) is 71.7 Å². The number of nitrogens with zero attached hydrogens (tertiary/aromatic N) is 3. The summed E-state index contributed by atoms with van der Waals surface area (Å²) in [5.74, 6) is 2.29. The van der Waals surface area contributed by atoms with Gasteiger partial charge in [0.15, 0.2) is 0 Å². The van der Waals surface area contributed by atoms with Crippen LogP contribution >= 0.6 is 11.6 Å². The number of nitrogens with one attached hydrogen (secondary N) is 1. The van der Waals surface area contributed by atoms with Crippen LogP contribution in [0.2, 0.25) is 5.02 Å². The number of ether oxygens (including phenoxy) is 2. The first-order valence-corrected chi connectivity index (χ1v) is 13.7. The van der Waals surface area contributed by atoms with Gasteiger partial charge in [-0.3, -0.25) is 14.7 Å². The molecule has 3 aromatic carbocycles. The smallest absolute Gasteiger partial charge is 0.234 e. The first-order chi connectivity index (χ1) is 18.8. The number of methoxy groups -OCH3 is 1. The minimum Gasteiger partial charge on any atom is -0.497 e. The van der Waals surface area contributed by atoms with Gasteiger partial charge in [0.25, 0.3) is 0 Å².